The molecule has 0 spiro atoms. The van der Waals surface area contributed by atoms with Gasteiger partial charge in [0, 0.05) is 25.3 Å². The summed E-state index contributed by atoms with van der Waals surface area (Å²) in [5.74, 6) is -2.50. The van der Waals surface area contributed by atoms with Crippen molar-refractivity contribution in [3.8, 4) is 5.75 Å². The molecular formula is C39H60N10O15S. The molecule has 362 valence electrons. The second-order valence-electron chi connectivity index (χ2n) is 15.2. The molecule has 6 atom stereocenters. The molecule has 0 saturated carbocycles. The molecule has 12 N–H and O–H groups in total. The van der Waals surface area contributed by atoms with Crippen molar-refractivity contribution in [2.75, 3.05) is 64.7 Å². The number of methoxy groups -OCH3 is 1. The fraction of sp³-hybridized carbons (Fsp3) is 0.615. The predicted octanol–water partition coefficient (Wildman–Crippen LogP) is -0.271. The number of nitrogens with two attached hydrogens (primary N) is 3. The number of hydrogen-bond donors (Lipinski definition) is 9. The van der Waals surface area contributed by atoms with Gasteiger partial charge >= 0.3 is 36.4 Å². The van der Waals surface area contributed by atoms with Crippen LogP contribution in [0.15, 0.2) is 29.3 Å². The maximum atomic E-state index is 13.7. The van der Waals surface area contributed by atoms with Crippen molar-refractivity contribution >= 4 is 66.0 Å². The van der Waals surface area contributed by atoms with Crippen LogP contribution in [0.2, 0.25) is 0 Å². The van der Waals surface area contributed by atoms with Crippen LogP contribution in [0.3, 0.4) is 0 Å². The number of alkyl carbamates (subject to hydrolysis) is 4. The fourth-order valence-corrected chi connectivity index (χ4v) is 7.25. The van der Waals surface area contributed by atoms with Crippen LogP contribution in [0, 0.1) is 5.92 Å². The van der Waals surface area contributed by atoms with E-state index in [0.29, 0.717) is 12.2 Å². The third-order valence-corrected chi connectivity index (χ3v) is 10.8. The van der Waals surface area contributed by atoms with Gasteiger partial charge in [0.05, 0.1) is 50.0 Å². The van der Waals surface area contributed by atoms with Gasteiger partial charge in [-0.05, 0) is 42.9 Å². The average Bonchev–Trinajstić information content (AvgIpc) is 3.67. The highest BCUT2D eigenvalue weighted by Gasteiger charge is 2.41. The molecule has 2 aliphatic rings. The number of rotatable bonds is 14. The van der Waals surface area contributed by atoms with Crippen molar-refractivity contribution in [1.29, 1.82) is 0 Å². The van der Waals surface area contributed by atoms with Crippen molar-refractivity contribution in [3.63, 3.8) is 0 Å². The van der Waals surface area contributed by atoms with Crippen molar-refractivity contribution in [3.05, 3.63) is 29.8 Å². The topological polar surface area (TPSA) is 366 Å². The number of cyclic esters (lactones) is 3. The van der Waals surface area contributed by atoms with E-state index in [2.05, 4.69) is 31.6 Å². The third-order valence-electron chi connectivity index (χ3n) is 9.71. The van der Waals surface area contributed by atoms with E-state index in [9.17, 15) is 38.4 Å². The number of ether oxygens (including phenoxy) is 6. The molecule has 7 amide bonds. The molecule has 0 aromatic heterocycles. The molecule has 2 bridgehead atoms. The number of carbonyl (C=O) groups excluding carboxylic acids is 7. The van der Waals surface area contributed by atoms with Crippen LogP contribution in [0.25, 0.3) is 0 Å². The quantitative estimate of drug-likeness (QED) is 0.0502. The summed E-state index contributed by atoms with van der Waals surface area (Å²) in [6.07, 6.45) is -5.66. The Morgan fingerprint density at radius 1 is 0.908 bits per heavy atom. The number of carboxylic acids is 1. The molecule has 65 heavy (non-hydrogen) atoms. The number of amides is 7. The Hall–Kier alpha value is -6.60. The lowest BCUT2D eigenvalue weighted by molar-refractivity contribution is -0.138. The Morgan fingerprint density at radius 3 is 2.17 bits per heavy atom. The van der Waals surface area contributed by atoms with E-state index < -0.39 is 91.2 Å². The molecule has 2 fully saturated rings. The van der Waals surface area contributed by atoms with Gasteiger partial charge < -0.3 is 82.2 Å². The number of primary amides is 1. The number of aliphatic imine (C=N–C) groups is 1. The second-order valence-corrected chi connectivity index (χ2v) is 16.3. The number of carbonyl (C=O) groups is 8. The number of carboxylic acid groups (broad SMARTS) is 1. The number of thioether (sulfide) groups is 1. The molecule has 2 aliphatic heterocycles. The third kappa shape index (κ3) is 20.6. The summed E-state index contributed by atoms with van der Waals surface area (Å²) in [5.41, 5.74) is 16.8. The van der Waals surface area contributed by atoms with Gasteiger partial charge in [0.2, 0.25) is 11.8 Å². The van der Waals surface area contributed by atoms with Gasteiger partial charge in [0.15, 0.2) is 5.96 Å². The first-order valence-electron chi connectivity index (χ1n) is 20.7. The number of guanidine groups is 1. The smallest absolute Gasteiger partial charge is 0.407 e. The lowest BCUT2D eigenvalue weighted by Crippen LogP contribution is -2.48. The SMILES string of the molecule is COc1ccc(C[C@H]2COC(=O)N[C@H](CCCN=C(N)N)COC(=O)N[C@@H](C(C)C)COC(=O)N[C@H](COC(N)=O)CSCC(=O)N3C[C@@H](C[C@H]3C(=O)NCCC(=O)O)OC(=O)N2)cc1. The van der Waals surface area contributed by atoms with Crippen molar-refractivity contribution in [2.45, 2.75) is 82.3 Å². The van der Waals surface area contributed by atoms with Crippen LogP contribution in [0.5, 0.6) is 5.75 Å². The fourth-order valence-electron chi connectivity index (χ4n) is 6.32. The van der Waals surface area contributed by atoms with Crippen LogP contribution in [0.1, 0.15) is 45.1 Å². The molecular weight excluding hydrogens is 881 g/mol. The summed E-state index contributed by atoms with van der Waals surface area (Å²) in [6, 6.07) is 2.39. The molecule has 0 unspecified atom stereocenters. The summed E-state index contributed by atoms with van der Waals surface area (Å²) in [7, 11) is 1.51. The molecule has 1 aromatic carbocycles. The second kappa shape index (κ2) is 27.6. The summed E-state index contributed by atoms with van der Waals surface area (Å²) in [5, 5.41) is 22.1. The normalized spacial score (nSPS) is 23.1. The van der Waals surface area contributed by atoms with Gasteiger partial charge in [-0.15, -0.1) is 11.8 Å². The Balaban J connectivity index is 1.91. The van der Waals surface area contributed by atoms with E-state index in [1.807, 2.05) is 0 Å². The Morgan fingerprint density at radius 2 is 1.54 bits per heavy atom. The number of benzene rings is 1. The number of fused-ring (bicyclic) bond motifs is 2. The Kier molecular flexibility index (Phi) is 22.4. The van der Waals surface area contributed by atoms with Crippen LogP contribution < -0.4 is 48.5 Å². The number of hydrogen-bond acceptors (Lipinski definition) is 16. The van der Waals surface area contributed by atoms with Crippen molar-refractivity contribution in [1.82, 2.24) is 31.5 Å². The molecule has 2 saturated heterocycles. The maximum Gasteiger partial charge on any atom is 0.407 e. The Bertz CT molecular complexity index is 1800. The standard InChI is InChI=1S/C39H60N10O15S/c1-22(2)29-19-63-37(56)47-26(18-60-35(42)54)20-65-21-31(50)49-15-28(14-30(49)33(53)43-12-10-32(51)52)64-39(58)46-25(13-23-6-8-27(59-3)9-7-23)17-62-36(55)45-24(16-61-38(57)48-29)5-4-11-44-34(40)41/h6-9,22,24-26,28-30H,4-5,10-21H2,1-3H3,(H2,42,54)(H,43,53)(H,45,55)(H,46,58)(H,47,56)(H,48,57)(H,51,52)(H4,40,41,44)/t24-,25+,26-,28-,29-,30+/m1/s1. The lowest BCUT2D eigenvalue weighted by Gasteiger charge is -2.25. The number of nitrogens with one attached hydrogen (secondary N) is 5. The van der Waals surface area contributed by atoms with Crippen molar-refractivity contribution < 1.29 is 71.9 Å². The minimum absolute atomic E-state index is 0.0146. The first-order chi connectivity index (χ1) is 30.9. The van der Waals surface area contributed by atoms with Gasteiger partial charge in [0.1, 0.15) is 44.3 Å². The Labute approximate surface area is 379 Å². The molecule has 2 heterocycles. The zero-order valence-corrected chi connectivity index (χ0v) is 37.3. The number of nitrogens with zero attached hydrogens (tertiary/aromatic N) is 2. The first kappa shape index (κ1) is 52.7. The molecule has 25 nitrogen and oxygen atoms in total. The monoisotopic (exact) mass is 940 g/mol. The van der Waals surface area contributed by atoms with E-state index in [1.54, 1.807) is 38.1 Å². The molecule has 26 heteroatoms. The maximum absolute atomic E-state index is 13.7. The minimum atomic E-state index is -1.16. The van der Waals surface area contributed by atoms with Crippen LogP contribution >= 0.6 is 11.8 Å². The van der Waals surface area contributed by atoms with Crippen LogP contribution in [0.4, 0.5) is 24.0 Å². The first-order valence-corrected chi connectivity index (χ1v) is 21.8. The van der Waals surface area contributed by atoms with Crippen molar-refractivity contribution in [2.24, 2.45) is 28.1 Å². The minimum Gasteiger partial charge on any atom is -0.497 e. The number of aliphatic carboxylic acids is 1. The van der Waals surface area contributed by atoms with Gasteiger partial charge in [0.25, 0.3) is 0 Å². The molecule has 3 rings (SSSR count). The lowest BCUT2D eigenvalue weighted by atomic mass is 10.1. The van der Waals surface area contributed by atoms with E-state index in [0.717, 1.165) is 17.3 Å². The summed E-state index contributed by atoms with van der Waals surface area (Å²) in [6.45, 7) is 1.86. The van der Waals surface area contributed by atoms with Crippen LogP contribution in [-0.4, -0.2) is 165 Å². The highest BCUT2D eigenvalue weighted by molar-refractivity contribution is 8.00. The molecule has 0 radical (unpaired) electrons. The van der Waals surface area contributed by atoms with Gasteiger partial charge in [-0.2, -0.15) is 0 Å². The highest BCUT2D eigenvalue weighted by atomic mass is 32.2. The molecule has 1 aromatic rings. The largest absolute Gasteiger partial charge is 0.497 e. The van der Waals surface area contributed by atoms with E-state index in [4.69, 9.17) is 50.7 Å². The summed E-state index contributed by atoms with van der Waals surface area (Å²) >= 11 is 1.01. The zero-order valence-electron chi connectivity index (χ0n) is 36.4. The van der Waals surface area contributed by atoms with E-state index in [-0.39, 0.29) is 88.5 Å². The summed E-state index contributed by atoms with van der Waals surface area (Å²) < 4.78 is 32.2. The molecule has 0 aliphatic carbocycles. The average molecular weight is 941 g/mol. The highest BCUT2D eigenvalue weighted by Crippen LogP contribution is 2.23. The summed E-state index contributed by atoms with van der Waals surface area (Å²) in [4.78, 5) is 107. The van der Waals surface area contributed by atoms with Crippen LogP contribution in [-0.2, 0) is 44.5 Å². The van der Waals surface area contributed by atoms with Gasteiger partial charge in [-0.3, -0.25) is 19.4 Å². The van der Waals surface area contributed by atoms with Gasteiger partial charge in [-0.1, -0.05) is 26.0 Å². The predicted molar refractivity (Wildman–Crippen MR) is 232 cm³/mol. The van der Waals surface area contributed by atoms with Gasteiger partial charge in [-0.25, -0.2) is 24.0 Å². The van der Waals surface area contributed by atoms with E-state index in [1.165, 1.54) is 12.0 Å². The zero-order chi connectivity index (χ0) is 47.9. The van der Waals surface area contributed by atoms with E-state index >= 15 is 0 Å².